The van der Waals surface area contributed by atoms with Crippen LogP contribution in [0.2, 0.25) is 5.02 Å². The van der Waals surface area contributed by atoms with Gasteiger partial charge in [0.15, 0.2) is 0 Å². The minimum absolute atomic E-state index is 0.150. The fraction of sp³-hybridized carbons (Fsp3) is 0.579. The number of ether oxygens (including phenoxy) is 1. The second kappa shape index (κ2) is 16.0. The second-order valence-electron chi connectivity index (χ2n) is 13.5. The number of anilines is 1. The smallest absolute Gasteiger partial charge is 0.263 e. The van der Waals surface area contributed by atoms with E-state index in [1.54, 1.807) is 6.07 Å². The number of amides is 1. The van der Waals surface area contributed by atoms with Gasteiger partial charge in [-0.25, -0.2) is 9.19 Å². The maximum absolute atomic E-state index is 13.4. The average Bonchev–Trinajstić information content (AvgIpc) is 3.40. The molecule has 1 aliphatic carbocycles. The molecule has 3 heterocycles. The van der Waals surface area contributed by atoms with Gasteiger partial charge in [0.2, 0.25) is 0 Å². The fourth-order valence-corrected chi connectivity index (χ4v) is 8.95. The number of halogens is 1. The van der Waals surface area contributed by atoms with Crippen LogP contribution in [0.15, 0.2) is 48.8 Å². The van der Waals surface area contributed by atoms with Crippen LogP contribution in [0.5, 0.6) is 5.75 Å². The van der Waals surface area contributed by atoms with Crippen molar-refractivity contribution in [3.8, 4) is 5.75 Å². The van der Waals surface area contributed by atoms with Crippen LogP contribution in [0.4, 0.5) is 5.69 Å². The van der Waals surface area contributed by atoms with Gasteiger partial charge < -0.3 is 14.2 Å². The number of nitrogens with zero attached hydrogens (tertiary/aromatic N) is 3. The Hall–Kier alpha value is -2.84. The molecule has 7 atom stereocenters. The fourth-order valence-electron chi connectivity index (χ4n) is 7.71. The first-order chi connectivity index (χ1) is 22.7. The highest BCUT2D eigenvalue weighted by Gasteiger charge is 2.41. The molecule has 0 spiro atoms. The Labute approximate surface area is 289 Å². The summed E-state index contributed by atoms with van der Waals surface area (Å²) < 4.78 is 24.8. The van der Waals surface area contributed by atoms with Gasteiger partial charge in [-0.15, -0.1) is 0 Å². The molecule has 9 heteroatoms. The highest BCUT2D eigenvalue weighted by molar-refractivity contribution is 7.84. The third-order valence-corrected chi connectivity index (χ3v) is 12.4. The molecule has 7 unspecified atom stereocenters. The number of fused-ring (bicyclic) bond motifs is 2. The molecule has 3 aliphatic rings. The van der Waals surface area contributed by atoms with E-state index in [0.29, 0.717) is 29.9 Å². The van der Waals surface area contributed by atoms with Gasteiger partial charge in [-0.3, -0.25) is 9.52 Å². The SMILES string of the molecule is CC.CCCc1cc(Cl)ccc1C1COc2ccc3cc2N(C1)CC1CCC1C(c1nccn1C)CCCC(C)C(C)S(=O)NC3=O. The van der Waals surface area contributed by atoms with Gasteiger partial charge in [-0.2, -0.15) is 0 Å². The number of carbonyl (C=O) groups excluding carboxylic acids is 1. The van der Waals surface area contributed by atoms with E-state index in [-0.39, 0.29) is 23.0 Å². The third-order valence-electron chi connectivity index (χ3n) is 10.7. The van der Waals surface area contributed by atoms with Crippen LogP contribution >= 0.6 is 11.6 Å². The van der Waals surface area contributed by atoms with E-state index in [2.05, 4.69) is 53.4 Å². The molecule has 6 rings (SSSR count). The Bertz CT molecular complexity index is 1540. The van der Waals surface area contributed by atoms with Crippen molar-refractivity contribution in [1.82, 2.24) is 14.3 Å². The summed E-state index contributed by atoms with van der Waals surface area (Å²) in [5, 5.41) is 0.613. The lowest BCUT2D eigenvalue weighted by Gasteiger charge is -2.45. The summed E-state index contributed by atoms with van der Waals surface area (Å²) in [6.07, 6.45) is 11.4. The van der Waals surface area contributed by atoms with Crippen LogP contribution < -0.4 is 14.4 Å². The molecule has 3 aromatic rings. The van der Waals surface area contributed by atoms with Crippen LogP contribution in [0, 0.1) is 17.8 Å². The van der Waals surface area contributed by atoms with Crippen molar-refractivity contribution in [1.29, 1.82) is 0 Å². The lowest BCUT2D eigenvalue weighted by atomic mass is 9.65. The molecule has 7 nitrogen and oxygen atoms in total. The number of aromatic nitrogens is 2. The number of aryl methyl sites for hydroxylation is 2. The van der Waals surface area contributed by atoms with E-state index in [9.17, 15) is 9.00 Å². The highest BCUT2D eigenvalue weighted by atomic mass is 35.5. The summed E-state index contributed by atoms with van der Waals surface area (Å²) in [7, 11) is 0.626. The topological polar surface area (TPSA) is 76.5 Å². The Morgan fingerprint density at radius 3 is 2.57 bits per heavy atom. The first kappa shape index (κ1) is 35.5. The highest BCUT2D eigenvalue weighted by Crippen LogP contribution is 2.48. The molecule has 1 fully saturated rings. The van der Waals surface area contributed by atoms with Crippen molar-refractivity contribution >= 4 is 34.2 Å². The molecule has 1 N–H and O–H groups in total. The molecule has 2 bridgehead atoms. The Morgan fingerprint density at radius 1 is 1.06 bits per heavy atom. The zero-order chi connectivity index (χ0) is 33.7. The number of carbonyl (C=O) groups is 1. The minimum Gasteiger partial charge on any atom is -0.491 e. The molecule has 0 saturated heterocycles. The summed E-state index contributed by atoms with van der Waals surface area (Å²) >= 11 is 6.45. The maximum Gasteiger partial charge on any atom is 0.263 e. The van der Waals surface area contributed by atoms with Crippen molar-refractivity contribution in [3.05, 3.63) is 76.3 Å². The van der Waals surface area contributed by atoms with E-state index in [1.165, 1.54) is 29.8 Å². The molecule has 0 radical (unpaired) electrons. The normalized spacial score (nSPS) is 28.0. The van der Waals surface area contributed by atoms with Crippen molar-refractivity contribution in [2.24, 2.45) is 24.8 Å². The van der Waals surface area contributed by atoms with Crippen LogP contribution in [0.3, 0.4) is 0 Å². The minimum atomic E-state index is -1.49. The van der Waals surface area contributed by atoms with Gasteiger partial charge >= 0.3 is 0 Å². The van der Waals surface area contributed by atoms with Gasteiger partial charge in [0.1, 0.15) is 22.6 Å². The second-order valence-corrected chi connectivity index (χ2v) is 15.5. The summed E-state index contributed by atoms with van der Waals surface area (Å²) in [6.45, 7) is 12.6. The number of nitrogens with one attached hydrogen (secondary N) is 1. The molecule has 1 aromatic heterocycles. The Balaban J connectivity index is 0.00000213. The van der Waals surface area contributed by atoms with Crippen molar-refractivity contribution in [2.45, 2.75) is 96.7 Å². The van der Waals surface area contributed by atoms with Gasteiger partial charge in [0.05, 0.1) is 17.5 Å². The van der Waals surface area contributed by atoms with E-state index in [0.717, 1.165) is 61.7 Å². The summed E-state index contributed by atoms with van der Waals surface area (Å²) in [5.41, 5.74) is 4.01. The van der Waals surface area contributed by atoms with Crippen LogP contribution in [0.1, 0.15) is 112 Å². The van der Waals surface area contributed by atoms with E-state index < -0.39 is 11.0 Å². The van der Waals surface area contributed by atoms with Gasteiger partial charge in [-0.05, 0) is 98.2 Å². The first-order valence-electron chi connectivity index (χ1n) is 17.7. The molecule has 256 valence electrons. The maximum atomic E-state index is 13.4. The molecule has 2 aromatic carbocycles. The Kier molecular flexibility index (Phi) is 12.1. The lowest BCUT2D eigenvalue weighted by Crippen LogP contribution is -2.42. The standard InChI is InChI=1S/C36H47ClN4O3S.C2H6/c1-5-7-25-18-29(37)12-14-30(25)28-21-41-20-27-10-13-31(27)32(35-38-16-17-40(35)4)9-6-8-23(2)24(3)45(43)39-36(42)26-11-15-34(44-22-28)33(41)19-26;1-2/h11-12,14-19,23-24,27-28,31-32H,5-10,13,20-22H2,1-4H3,(H,39,42);1-2H3. The van der Waals surface area contributed by atoms with Gasteiger partial charge in [-0.1, -0.05) is 58.2 Å². The Morgan fingerprint density at radius 2 is 1.87 bits per heavy atom. The van der Waals surface area contributed by atoms with Crippen molar-refractivity contribution < 1.29 is 13.7 Å². The summed E-state index contributed by atoms with van der Waals surface area (Å²) in [5.74, 6) is 3.45. The van der Waals surface area contributed by atoms with Crippen LogP contribution in [-0.2, 0) is 24.5 Å². The summed E-state index contributed by atoms with van der Waals surface area (Å²) in [6, 6.07) is 11.9. The quantitative estimate of drug-likeness (QED) is 0.299. The molecule has 2 aliphatic heterocycles. The molecular formula is C38H53ClN4O3S. The van der Waals surface area contributed by atoms with E-state index in [4.69, 9.17) is 21.3 Å². The number of imidazole rings is 1. The number of hydrogen-bond donors (Lipinski definition) is 1. The van der Waals surface area contributed by atoms with Gasteiger partial charge in [0.25, 0.3) is 5.91 Å². The first-order valence-corrected chi connectivity index (χ1v) is 19.3. The van der Waals surface area contributed by atoms with E-state index in [1.807, 2.05) is 45.2 Å². The van der Waals surface area contributed by atoms with E-state index >= 15 is 0 Å². The monoisotopic (exact) mass is 680 g/mol. The van der Waals surface area contributed by atoms with Crippen LogP contribution in [-0.4, -0.2) is 44.6 Å². The zero-order valence-electron chi connectivity index (χ0n) is 29.0. The predicted octanol–water partition coefficient (Wildman–Crippen LogP) is 8.45. The number of hydrogen-bond acceptors (Lipinski definition) is 5. The van der Waals surface area contributed by atoms with Gasteiger partial charge in [0, 0.05) is 55.0 Å². The number of benzene rings is 2. The number of rotatable bonds is 4. The predicted molar refractivity (Wildman–Crippen MR) is 194 cm³/mol. The largest absolute Gasteiger partial charge is 0.491 e. The van der Waals surface area contributed by atoms with Crippen LogP contribution in [0.25, 0.3) is 0 Å². The molecular weight excluding hydrogens is 628 g/mol. The summed E-state index contributed by atoms with van der Waals surface area (Å²) in [4.78, 5) is 20.7. The van der Waals surface area contributed by atoms with Crippen molar-refractivity contribution in [3.63, 3.8) is 0 Å². The third kappa shape index (κ3) is 7.91. The molecule has 47 heavy (non-hydrogen) atoms. The molecule has 1 saturated carbocycles. The average molecular weight is 681 g/mol. The zero-order valence-corrected chi connectivity index (χ0v) is 30.6. The van der Waals surface area contributed by atoms with Crippen molar-refractivity contribution in [2.75, 3.05) is 24.6 Å². The molecule has 1 amide bonds. The lowest BCUT2D eigenvalue weighted by molar-refractivity contribution is 0.0982.